The highest BCUT2D eigenvalue weighted by molar-refractivity contribution is 7.92. The van der Waals surface area contributed by atoms with Gasteiger partial charge < -0.3 is 0 Å². The molecule has 0 aromatic rings. The Labute approximate surface area is 76.5 Å². The van der Waals surface area contributed by atoms with Gasteiger partial charge in [-0.15, -0.1) is 0 Å². The van der Waals surface area contributed by atoms with E-state index in [1.54, 1.807) is 0 Å². The van der Waals surface area contributed by atoms with E-state index in [4.69, 9.17) is 5.21 Å². The zero-order valence-corrected chi connectivity index (χ0v) is 8.21. The summed E-state index contributed by atoms with van der Waals surface area (Å²) in [4.78, 5) is 0. The molecule has 6 heteroatoms. The maximum atomic E-state index is 12.7. The summed E-state index contributed by atoms with van der Waals surface area (Å²) in [6, 6.07) is 0. The van der Waals surface area contributed by atoms with Gasteiger partial charge in [0.15, 0.2) is 0 Å². The molecule has 0 fully saturated rings. The van der Waals surface area contributed by atoms with Crippen molar-refractivity contribution in [2.24, 2.45) is 4.36 Å². The summed E-state index contributed by atoms with van der Waals surface area (Å²) >= 11 is 0. The lowest BCUT2D eigenvalue weighted by molar-refractivity contribution is -0.0353. The third-order valence-corrected chi connectivity index (χ3v) is 1.91. The average molecular weight is 206 g/mol. The monoisotopic (exact) mass is 206 g/mol. The van der Waals surface area contributed by atoms with Crippen molar-refractivity contribution < 1.29 is 13.8 Å². The van der Waals surface area contributed by atoms with E-state index >= 15 is 0 Å². The summed E-state index contributed by atoms with van der Waals surface area (Å²) in [6.07, 6.45) is 4.99. The van der Waals surface area contributed by atoms with E-state index in [2.05, 4.69) is 4.36 Å². The van der Waals surface area contributed by atoms with Crippen molar-refractivity contribution in [2.45, 2.75) is 0 Å². The summed E-state index contributed by atoms with van der Waals surface area (Å²) in [5.41, 5.74) is 0.275. The number of halogens is 1. The lowest BCUT2D eigenvalue weighted by atomic mass is 10.3. The Balaban J connectivity index is 2.97. The van der Waals surface area contributed by atoms with E-state index < -0.39 is 15.6 Å². The van der Waals surface area contributed by atoms with Gasteiger partial charge in [-0.2, -0.15) is 0 Å². The smallest absolute Gasteiger partial charge is 0.143 e. The molecule has 74 valence electrons. The van der Waals surface area contributed by atoms with E-state index in [9.17, 15) is 8.60 Å². The number of hydroxylamine groups is 2. The fourth-order valence-electron chi connectivity index (χ4n) is 0.934. The summed E-state index contributed by atoms with van der Waals surface area (Å²) < 4.78 is 27.7. The van der Waals surface area contributed by atoms with Gasteiger partial charge >= 0.3 is 0 Å². The average Bonchev–Trinajstić information content (AvgIpc) is 1.78. The van der Waals surface area contributed by atoms with Crippen molar-refractivity contribution in [1.29, 1.82) is 0 Å². The quantitative estimate of drug-likeness (QED) is 0.699. The molecule has 0 aromatic carbocycles. The number of rotatable bonds is 1. The van der Waals surface area contributed by atoms with Gasteiger partial charge in [-0.05, 0) is 6.08 Å². The molecule has 0 atom stereocenters. The molecule has 0 saturated heterocycles. The van der Waals surface area contributed by atoms with Crippen molar-refractivity contribution in [3.05, 3.63) is 23.8 Å². The topological polar surface area (TPSA) is 52.9 Å². The van der Waals surface area contributed by atoms with Gasteiger partial charge in [0, 0.05) is 22.2 Å². The van der Waals surface area contributed by atoms with Gasteiger partial charge in [-0.25, -0.2) is 13.0 Å². The molecular formula is C7H11FN2O2S. The van der Waals surface area contributed by atoms with Crippen LogP contribution in [0, 0.1) is 0 Å². The molecule has 0 spiro atoms. The number of allylic oxidation sites excluding steroid dienone is 2. The Morgan fingerprint density at radius 2 is 2.31 bits per heavy atom. The fraction of sp³-hybridized carbons (Fsp3) is 0.429. The fourth-order valence-corrected chi connectivity index (χ4v) is 1.61. The van der Waals surface area contributed by atoms with Crippen LogP contribution in [0.5, 0.6) is 0 Å². The first kappa shape index (κ1) is 10.2. The molecule has 0 radical (unpaired) electrons. The van der Waals surface area contributed by atoms with Gasteiger partial charge in [0.1, 0.15) is 5.83 Å². The van der Waals surface area contributed by atoms with Crippen molar-refractivity contribution >= 4 is 9.73 Å². The molecule has 13 heavy (non-hydrogen) atoms. The van der Waals surface area contributed by atoms with Gasteiger partial charge in [0.2, 0.25) is 0 Å². The summed E-state index contributed by atoms with van der Waals surface area (Å²) in [6.45, 7) is 0.0616. The molecule has 0 unspecified atom stereocenters. The van der Waals surface area contributed by atoms with Gasteiger partial charge in [0.05, 0.1) is 18.4 Å². The Hall–Kier alpha value is -0.880. The lowest BCUT2D eigenvalue weighted by Crippen LogP contribution is -2.18. The second kappa shape index (κ2) is 3.47. The highest BCUT2D eigenvalue weighted by Gasteiger charge is 2.10. The Morgan fingerprint density at radius 3 is 2.77 bits per heavy atom. The molecule has 0 saturated carbocycles. The van der Waals surface area contributed by atoms with Crippen LogP contribution in [0.2, 0.25) is 0 Å². The zero-order valence-electron chi connectivity index (χ0n) is 7.40. The van der Waals surface area contributed by atoms with Crippen LogP contribution >= 0.6 is 0 Å². The first-order valence-corrected chi connectivity index (χ1v) is 5.90. The second-order valence-corrected chi connectivity index (χ2v) is 5.56. The van der Waals surface area contributed by atoms with E-state index in [1.165, 1.54) is 12.5 Å². The number of nitrogens with zero attached hydrogens (tertiary/aromatic N) is 2. The molecule has 1 aliphatic rings. The first-order chi connectivity index (χ1) is 5.87. The summed E-state index contributed by atoms with van der Waals surface area (Å²) in [5.74, 6) is -0.601. The van der Waals surface area contributed by atoms with Crippen LogP contribution in [0.4, 0.5) is 4.39 Å². The van der Waals surface area contributed by atoms with Gasteiger partial charge in [-0.1, -0.05) is 0 Å². The molecule has 0 bridgehead atoms. The predicted octanol–water partition coefficient (Wildman–Crippen LogP) is 1.11. The Bertz CT molecular complexity index is 372. The number of hydrogen-bond donors (Lipinski definition) is 1. The van der Waals surface area contributed by atoms with Crippen molar-refractivity contribution in [2.75, 3.05) is 19.1 Å². The van der Waals surface area contributed by atoms with Gasteiger partial charge in [0.25, 0.3) is 0 Å². The predicted molar refractivity (Wildman–Crippen MR) is 48.2 cm³/mol. The van der Waals surface area contributed by atoms with Crippen molar-refractivity contribution in [3.63, 3.8) is 0 Å². The minimum atomic E-state index is -2.30. The Kier molecular flexibility index (Phi) is 2.72. The van der Waals surface area contributed by atoms with E-state index in [0.717, 1.165) is 12.3 Å². The Morgan fingerprint density at radius 1 is 1.69 bits per heavy atom. The molecule has 0 amide bonds. The molecular weight excluding hydrogens is 195 g/mol. The molecule has 1 aliphatic heterocycles. The van der Waals surface area contributed by atoms with Crippen LogP contribution in [0.3, 0.4) is 0 Å². The third kappa shape index (κ3) is 3.56. The lowest BCUT2D eigenvalue weighted by Gasteiger charge is -2.16. The standard InChI is InChI=1S/C7H11FN2O2S/c1-13(2,12)9-7-3-6(8)4-10(11)5-7/h3-4,11H,5H2,1-2H3. The first-order valence-electron chi connectivity index (χ1n) is 3.57. The highest BCUT2D eigenvalue weighted by Crippen LogP contribution is 2.14. The number of hydrogen-bond acceptors (Lipinski definition) is 4. The minimum Gasteiger partial charge on any atom is -0.289 e. The van der Waals surface area contributed by atoms with Crippen LogP contribution in [0.1, 0.15) is 0 Å². The minimum absolute atomic E-state index is 0.0616. The zero-order chi connectivity index (χ0) is 10.1. The van der Waals surface area contributed by atoms with Crippen molar-refractivity contribution in [1.82, 2.24) is 5.06 Å². The summed E-state index contributed by atoms with van der Waals surface area (Å²) in [7, 11) is -2.30. The van der Waals surface area contributed by atoms with Crippen LogP contribution in [-0.4, -0.2) is 33.5 Å². The molecule has 1 heterocycles. The maximum absolute atomic E-state index is 12.7. The van der Waals surface area contributed by atoms with Gasteiger partial charge in [-0.3, -0.25) is 10.3 Å². The second-order valence-electron chi connectivity index (χ2n) is 3.02. The molecule has 4 nitrogen and oxygen atoms in total. The van der Waals surface area contributed by atoms with E-state index in [1.807, 2.05) is 0 Å². The maximum Gasteiger partial charge on any atom is 0.143 e. The molecule has 0 aromatic heterocycles. The SMILES string of the molecule is CS(C)(=O)=NC1=CC(F)=CN(O)C1. The summed E-state index contributed by atoms with van der Waals surface area (Å²) in [5, 5.41) is 9.64. The molecule has 1 N–H and O–H groups in total. The normalized spacial score (nSPS) is 18.0. The van der Waals surface area contributed by atoms with E-state index in [0.29, 0.717) is 5.06 Å². The van der Waals surface area contributed by atoms with Crippen LogP contribution < -0.4 is 0 Å². The molecule has 1 rings (SSSR count). The third-order valence-electron chi connectivity index (χ3n) is 1.24. The highest BCUT2D eigenvalue weighted by atomic mass is 32.2. The van der Waals surface area contributed by atoms with Crippen molar-refractivity contribution in [3.8, 4) is 0 Å². The van der Waals surface area contributed by atoms with Crippen LogP contribution in [0.25, 0.3) is 0 Å². The van der Waals surface area contributed by atoms with Crippen LogP contribution in [-0.2, 0) is 9.73 Å². The van der Waals surface area contributed by atoms with Crippen LogP contribution in [0.15, 0.2) is 28.2 Å². The largest absolute Gasteiger partial charge is 0.289 e. The van der Waals surface area contributed by atoms with E-state index in [-0.39, 0.29) is 12.2 Å². The molecule has 0 aliphatic carbocycles.